The van der Waals surface area contributed by atoms with Crippen molar-refractivity contribution in [1.29, 1.82) is 5.26 Å². The van der Waals surface area contributed by atoms with Crippen LogP contribution in [-0.2, 0) is 22.6 Å². The van der Waals surface area contributed by atoms with Crippen LogP contribution in [0.5, 0.6) is 0 Å². The Morgan fingerprint density at radius 2 is 2.03 bits per heavy atom. The minimum Gasteiger partial charge on any atom is -0.476 e. The van der Waals surface area contributed by atoms with E-state index in [0.29, 0.717) is 24.5 Å². The third kappa shape index (κ3) is 4.10. The van der Waals surface area contributed by atoms with Gasteiger partial charge < -0.3 is 19.7 Å². The Morgan fingerprint density at radius 3 is 2.67 bits per heavy atom. The highest BCUT2D eigenvalue weighted by atomic mass is 16.5. The number of ether oxygens (including phenoxy) is 1. The van der Waals surface area contributed by atoms with E-state index in [4.69, 9.17) is 4.74 Å². The number of fused-ring (bicyclic) bond motifs is 1. The van der Waals surface area contributed by atoms with Gasteiger partial charge in [-0.15, -0.1) is 0 Å². The van der Waals surface area contributed by atoms with E-state index < -0.39 is 24.0 Å². The molecular weight excluding hydrogens is 426 g/mol. The Morgan fingerprint density at radius 1 is 1.30 bits per heavy atom. The number of amides is 1. The Hall–Kier alpha value is -3.97. The molecule has 10 nitrogen and oxygen atoms in total. The Kier molecular flexibility index (Phi) is 5.98. The van der Waals surface area contributed by atoms with E-state index in [2.05, 4.69) is 16.5 Å². The predicted molar refractivity (Wildman–Crippen MR) is 119 cm³/mol. The highest BCUT2D eigenvalue weighted by Crippen LogP contribution is 2.28. The van der Waals surface area contributed by atoms with Gasteiger partial charge >= 0.3 is 5.97 Å². The monoisotopic (exact) mass is 449 g/mol. The van der Waals surface area contributed by atoms with Gasteiger partial charge in [-0.2, -0.15) is 10.4 Å². The van der Waals surface area contributed by atoms with E-state index in [0.717, 1.165) is 28.8 Å². The molecule has 3 heterocycles. The topological polar surface area (TPSA) is 139 Å². The number of nitrogens with zero attached hydrogens (tertiary/aromatic N) is 4. The lowest BCUT2D eigenvalue weighted by molar-refractivity contribution is -0.117. The summed E-state index contributed by atoms with van der Waals surface area (Å²) in [7, 11) is 0. The highest BCUT2D eigenvalue weighted by molar-refractivity contribution is 6.01. The molecule has 0 spiro atoms. The van der Waals surface area contributed by atoms with Crippen molar-refractivity contribution in [2.75, 3.05) is 11.9 Å². The second kappa shape index (κ2) is 8.88. The molecule has 0 saturated carbocycles. The molecule has 1 fully saturated rings. The fourth-order valence-electron chi connectivity index (χ4n) is 4.16. The van der Waals surface area contributed by atoms with E-state index in [1.807, 2.05) is 18.4 Å². The number of nitrogens with one attached hydrogen (secondary N) is 1. The van der Waals surface area contributed by atoms with Crippen molar-refractivity contribution in [2.24, 2.45) is 0 Å². The number of carboxylic acid groups (broad SMARTS) is 1. The maximum absolute atomic E-state index is 12.9. The average molecular weight is 449 g/mol. The van der Waals surface area contributed by atoms with Crippen molar-refractivity contribution in [3.05, 3.63) is 57.1 Å². The number of nitriles is 1. The summed E-state index contributed by atoms with van der Waals surface area (Å²) < 4.78 is 8.40. The molecule has 33 heavy (non-hydrogen) atoms. The molecule has 2 N–H and O–H groups in total. The van der Waals surface area contributed by atoms with Gasteiger partial charge in [-0.25, -0.2) is 9.48 Å². The minimum atomic E-state index is -1.30. The zero-order valence-electron chi connectivity index (χ0n) is 18.3. The molecule has 170 valence electrons. The predicted octanol–water partition coefficient (Wildman–Crippen LogP) is 2.20. The number of hydrogen-bond acceptors (Lipinski definition) is 6. The fourth-order valence-corrected chi connectivity index (χ4v) is 4.16. The molecule has 1 amide bonds. The maximum atomic E-state index is 12.9. The maximum Gasteiger partial charge on any atom is 0.357 e. The molecule has 0 unspecified atom stereocenters. The van der Waals surface area contributed by atoms with Crippen LogP contribution in [0, 0.1) is 25.2 Å². The first kappa shape index (κ1) is 22.2. The van der Waals surface area contributed by atoms with Crippen LogP contribution in [0.2, 0.25) is 0 Å². The van der Waals surface area contributed by atoms with Crippen LogP contribution in [-0.4, -0.2) is 44.0 Å². The van der Waals surface area contributed by atoms with Gasteiger partial charge in [-0.1, -0.05) is 18.2 Å². The summed E-state index contributed by atoms with van der Waals surface area (Å²) in [5, 5.41) is 26.2. The third-order valence-corrected chi connectivity index (χ3v) is 5.97. The van der Waals surface area contributed by atoms with Gasteiger partial charge in [0.15, 0.2) is 5.69 Å². The van der Waals surface area contributed by atoms with E-state index in [-0.39, 0.29) is 22.6 Å². The van der Waals surface area contributed by atoms with Crippen LogP contribution < -0.4 is 10.9 Å². The van der Waals surface area contributed by atoms with Crippen molar-refractivity contribution < 1.29 is 19.4 Å². The van der Waals surface area contributed by atoms with Crippen molar-refractivity contribution in [2.45, 2.75) is 45.9 Å². The molecule has 2 aromatic heterocycles. The number of anilines is 1. The number of hydrogen-bond donors (Lipinski definition) is 2. The average Bonchev–Trinajstić information content (AvgIpc) is 3.38. The summed E-state index contributed by atoms with van der Waals surface area (Å²) in [5.74, 6) is -1.57. The summed E-state index contributed by atoms with van der Waals surface area (Å²) in [4.78, 5) is 37.4. The number of aromatic nitrogens is 3. The van der Waals surface area contributed by atoms with Gasteiger partial charge in [-0.3, -0.25) is 9.59 Å². The summed E-state index contributed by atoms with van der Waals surface area (Å²) in [6, 6.07) is 8.36. The molecule has 1 aliphatic rings. The zero-order valence-corrected chi connectivity index (χ0v) is 18.3. The minimum absolute atomic E-state index is 0.0133. The first-order valence-electron chi connectivity index (χ1n) is 10.6. The highest BCUT2D eigenvalue weighted by Gasteiger charge is 2.24. The van der Waals surface area contributed by atoms with Crippen molar-refractivity contribution in [1.82, 2.24) is 14.3 Å². The summed E-state index contributed by atoms with van der Waals surface area (Å²) in [6.45, 7) is 4.35. The molecule has 1 aliphatic heterocycles. The number of rotatable bonds is 6. The lowest BCUT2D eigenvalue weighted by atomic mass is 10.1. The van der Waals surface area contributed by atoms with Gasteiger partial charge in [0.05, 0.1) is 23.6 Å². The largest absolute Gasteiger partial charge is 0.476 e. The number of carboxylic acids is 1. The lowest BCUT2D eigenvalue weighted by Crippen LogP contribution is -2.32. The molecular formula is C23H23N5O5. The molecule has 1 aromatic carbocycles. The standard InChI is InChI=1S/C23H23N5O5/c1-13-14(2)27(11-15-6-5-9-33-15)21(18(13)10-24)25-19(29)12-28-22(30)17-8-4-3-7-16(17)20(26-28)23(31)32/h3-4,7-8,15H,5-6,9,11-12H2,1-2H3,(H,25,29)(H,31,32)/t15-/m1/s1. The molecule has 10 heteroatoms. The van der Waals surface area contributed by atoms with Crippen LogP contribution in [0.3, 0.4) is 0 Å². The summed E-state index contributed by atoms with van der Waals surface area (Å²) in [5.41, 5.74) is 1.04. The van der Waals surface area contributed by atoms with E-state index in [1.165, 1.54) is 12.1 Å². The van der Waals surface area contributed by atoms with Crippen molar-refractivity contribution >= 4 is 28.5 Å². The third-order valence-electron chi connectivity index (χ3n) is 5.97. The first-order valence-corrected chi connectivity index (χ1v) is 10.6. The van der Waals surface area contributed by atoms with E-state index >= 15 is 0 Å². The number of carbonyl (C=O) groups excluding carboxylic acids is 1. The van der Waals surface area contributed by atoms with E-state index in [1.54, 1.807) is 12.1 Å². The Balaban J connectivity index is 1.67. The quantitative estimate of drug-likeness (QED) is 0.588. The first-order chi connectivity index (χ1) is 15.8. The number of aromatic carboxylic acids is 1. The molecule has 0 radical (unpaired) electrons. The van der Waals surface area contributed by atoms with Gasteiger partial charge in [0.1, 0.15) is 18.4 Å². The number of benzene rings is 1. The smallest absolute Gasteiger partial charge is 0.357 e. The van der Waals surface area contributed by atoms with Gasteiger partial charge in [0.25, 0.3) is 5.56 Å². The van der Waals surface area contributed by atoms with Crippen molar-refractivity contribution in [3.63, 3.8) is 0 Å². The van der Waals surface area contributed by atoms with E-state index in [9.17, 15) is 24.8 Å². The summed E-state index contributed by atoms with van der Waals surface area (Å²) >= 11 is 0. The number of carbonyl (C=O) groups is 2. The molecule has 4 rings (SSSR count). The second-order valence-electron chi connectivity index (χ2n) is 8.00. The Labute approximate surface area is 189 Å². The van der Waals surface area contributed by atoms with Crippen molar-refractivity contribution in [3.8, 4) is 6.07 Å². The molecule has 0 bridgehead atoms. The fraction of sp³-hybridized carbons (Fsp3) is 0.348. The molecule has 1 atom stereocenters. The lowest BCUT2D eigenvalue weighted by Gasteiger charge is -2.17. The van der Waals surface area contributed by atoms with Crippen LogP contribution in [0.25, 0.3) is 10.8 Å². The van der Waals surface area contributed by atoms with Crippen LogP contribution in [0.15, 0.2) is 29.1 Å². The van der Waals surface area contributed by atoms with Gasteiger partial charge in [0.2, 0.25) is 5.91 Å². The molecule has 0 aliphatic carbocycles. The van der Waals surface area contributed by atoms with Crippen LogP contribution in [0.1, 0.15) is 40.2 Å². The molecule has 3 aromatic rings. The Bertz CT molecular complexity index is 1360. The van der Waals surface area contributed by atoms with Crippen LogP contribution >= 0.6 is 0 Å². The van der Waals surface area contributed by atoms with Gasteiger partial charge in [0, 0.05) is 17.7 Å². The normalized spacial score (nSPS) is 15.5. The molecule has 1 saturated heterocycles. The van der Waals surface area contributed by atoms with Crippen LogP contribution in [0.4, 0.5) is 5.82 Å². The SMILES string of the molecule is Cc1c(C#N)c(NC(=O)Cn2nc(C(=O)O)c3ccccc3c2=O)n(C[C@H]2CCCO2)c1C. The summed E-state index contributed by atoms with van der Waals surface area (Å²) in [6.07, 6.45) is 1.83. The second-order valence-corrected chi connectivity index (χ2v) is 8.00. The zero-order chi connectivity index (χ0) is 23.7. The van der Waals surface area contributed by atoms with Gasteiger partial charge in [-0.05, 0) is 38.3 Å².